The summed E-state index contributed by atoms with van der Waals surface area (Å²) in [5.41, 5.74) is 15.0. The highest BCUT2D eigenvalue weighted by Gasteiger charge is 2.28. The third-order valence-corrected chi connectivity index (χ3v) is 6.79. The van der Waals surface area contributed by atoms with Crippen molar-refractivity contribution < 1.29 is 14.3 Å². The van der Waals surface area contributed by atoms with Gasteiger partial charge >= 0.3 is 5.97 Å². The number of hydrazine groups is 2. The molecule has 5 rings (SSSR count). The first kappa shape index (κ1) is 23.8. The molecule has 0 atom stereocenters. The molecule has 1 fully saturated rings. The lowest BCUT2D eigenvalue weighted by molar-refractivity contribution is -0.131. The van der Waals surface area contributed by atoms with Crippen LogP contribution in [-0.4, -0.2) is 16.9 Å². The highest BCUT2D eigenvalue weighted by atomic mass is 35.5. The van der Waals surface area contributed by atoms with Gasteiger partial charge in [-0.3, -0.25) is 5.43 Å². The number of aliphatic carboxylic acids is 1. The molecule has 36 heavy (non-hydrogen) atoms. The standard InChI is InChI=1S/C28H24ClFN4O2/c29-24-16-22(30)13-14-23(24)27(18-2-1-3-18)26(19-7-4-17(5-8-19)6-15-25(35)36)20-9-11-21(12-10-20)28-31-33-34-32-28/h4-16,18,33-34H,1-3H2,(H,31,32)(H,35,36). The van der Waals surface area contributed by atoms with Crippen molar-refractivity contribution in [3.05, 3.63) is 111 Å². The van der Waals surface area contributed by atoms with Gasteiger partial charge in [-0.2, -0.15) is 0 Å². The molecule has 0 aromatic heterocycles. The fourth-order valence-electron chi connectivity index (χ4n) is 4.50. The number of hydrogen-bond acceptors (Lipinski definition) is 5. The van der Waals surface area contributed by atoms with Gasteiger partial charge in [-0.25, -0.2) is 14.7 Å². The second kappa shape index (κ2) is 10.4. The van der Waals surface area contributed by atoms with E-state index in [9.17, 15) is 9.18 Å². The average Bonchev–Trinajstić information content (AvgIpc) is 3.38. The van der Waals surface area contributed by atoms with E-state index in [0.29, 0.717) is 16.8 Å². The molecule has 2 aliphatic rings. The van der Waals surface area contributed by atoms with Crippen molar-refractivity contribution in [1.29, 1.82) is 0 Å². The first-order valence-electron chi connectivity index (χ1n) is 11.6. The third kappa shape index (κ3) is 5.03. The number of benzene rings is 3. The van der Waals surface area contributed by atoms with E-state index in [1.54, 1.807) is 12.1 Å². The summed E-state index contributed by atoms with van der Waals surface area (Å²) in [6, 6.07) is 20.4. The summed E-state index contributed by atoms with van der Waals surface area (Å²) in [6.07, 6.45) is 5.87. The molecule has 182 valence electrons. The van der Waals surface area contributed by atoms with Crippen molar-refractivity contribution in [1.82, 2.24) is 16.5 Å². The second-order valence-electron chi connectivity index (χ2n) is 8.73. The van der Waals surface area contributed by atoms with Crippen LogP contribution in [0.2, 0.25) is 5.02 Å². The SMILES string of the molecule is O=C(O)C=Cc1ccc(C(=C(c2ccc(F)cc2Cl)C2CCC2)c2ccc(C3=NNNN3)cc2)cc1. The molecular weight excluding hydrogens is 479 g/mol. The van der Waals surface area contributed by atoms with Crippen LogP contribution in [0, 0.1) is 11.7 Å². The van der Waals surface area contributed by atoms with Crippen LogP contribution < -0.4 is 16.5 Å². The molecule has 0 spiro atoms. The molecule has 1 heterocycles. The number of carbonyl (C=O) groups is 1. The maximum atomic E-state index is 13.9. The van der Waals surface area contributed by atoms with Gasteiger partial charge in [0.15, 0.2) is 5.84 Å². The zero-order chi connectivity index (χ0) is 25.1. The van der Waals surface area contributed by atoms with E-state index >= 15 is 0 Å². The van der Waals surface area contributed by atoms with Crippen LogP contribution in [0.15, 0.2) is 77.9 Å². The maximum absolute atomic E-state index is 13.9. The van der Waals surface area contributed by atoms with Gasteiger partial charge in [-0.15, -0.1) is 10.6 Å². The van der Waals surface area contributed by atoms with E-state index in [4.69, 9.17) is 16.7 Å². The number of nitrogens with one attached hydrogen (secondary N) is 3. The molecule has 1 aliphatic heterocycles. The molecule has 0 saturated heterocycles. The molecule has 0 radical (unpaired) electrons. The Bertz CT molecular complexity index is 1380. The number of nitrogens with zero attached hydrogens (tertiary/aromatic N) is 1. The number of hydrazone groups is 1. The van der Waals surface area contributed by atoms with E-state index in [0.717, 1.165) is 64.3 Å². The van der Waals surface area contributed by atoms with E-state index in [1.165, 1.54) is 12.1 Å². The number of halogens is 2. The highest BCUT2D eigenvalue weighted by molar-refractivity contribution is 6.32. The normalized spacial score (nSPS) is 16.1. The zero-order valence-electron chi connectivity index (χ0n) is 19.3. The Morgan fingerprint density at radius 3 is 2.28 bits per heavy atom. The molecule has 0 amide bonds. The van der Waals surface area contributed by atoms with Crippen LogP contribution in [0.3, 0.4) is 0 Å². The van der Waals surface area contributed by atoms with Crippen molar-refractivity contribution in [2.45, 2.75) is 19.3 Å². The predicted molar refractivity (Wildman–Crippen MR) is 140 cm³/mol. The van der Waals surface area contributed by atoms with Crippen LogP contribution in [0.4, 0.5) is 4.39 Å². The summed E-state index contributed by atoms with van der Waals surface area (Å²) < 4.78 is 13.9. The molecule has 3 aromatic rings. The minimum atomic E-state index is -0.996. The first-order valence-corrected chi connectivity index (χ1v) is 12.0. The van der Waals surface area contributed by atoms with Crippen molar-refractivity contribution >= 4 is 40.6 Å². The Hall–Kier alpha value is -3.94. The molecule has 1 aliphatic carbocycles. The van der Waals surface area contributed by atoms with E-state index in [-0.39, 0.29) is 5.82 Å². The largest absolute Gasteiger partial charge is 0.478 e. The fourth-order valence-corrected chi connectivity index (χ4v) is 4.77. The lowest BCUT2D eigenvalue weighted by atomic mass is 9.73. The Morgan fingerprint density at radius 1 is 1.03 bits per heavy atom. The van der Waals surface area contributed by atoms with Crippen molar-refractivity contribution in [3.8, 4) is 0 Å². The molecule has 3 aromatic carbocycles. The molecule has 0 unspecified atom stereocenters. The Morgan fingerprint density at radius 2 is 1.72 bits per heavy atom. The van der Waals surface area contributed by atoms with E-state index in [1.807, 2.05) is 48.5 Å². The summed E-state index contributed by atoms with van der Waals surface area (Å²) in [5, 5.41) is 13.5. The van der Waals surface area contributed by atoms with Gasteiger partial charge in [0.1, 0.15) is 5.82 Å². The Kier molecular flexibility index (Phi) is 6.84. The van der Waals surface area contributed by atoms with Gasteiger partial charge < -0.3 is 5.11 Å². The quantitative estimate of drug-likeness (QED) is 0.249. The zero-order valence-corrected chi connectivity index (χ0v) is 20.0. The summed E-state index contributed by atoms with van der Waals surface area (Å²) in [5.74, 6) is -0.389. The Labute approximate surface area is 213 Å². The highest BCUT2D eigenvalue weighted by Crippen LogP contribution is 2.46. The number of carboxylic acids is 1. The van der Waals surface area contributed by atoms with Crippen LogP contribution >= 0.6 is 11.6 Å². The van der Waals surface area contributed by atoms with Gasteiger partial charge in [0.2, 0.25) is 0 Å². The predicted octanol–water partition coefficient (Wildman–Crippen LogP) is 5.61. The first-order chi connectivity index (χ1) is 17.5. The molecule has 8 heteroatoms. The summed E-state index contributed by atoms with van der Waals surface area (Å²) in [4.78, 5) is 10.9. The second-order valence-corrected chi connectivity index (χ2v) is 9.14. The molecule has 0 bridgehead atoms. The summed E-state index contributed by atoms with van der Waals surface area (Å²) >= 11 is 6.60. The van der Waals surface area contributed by atoms with Crippen LogP contribution in [0.1, 0.15) is 47.1 Å². The van der Waals surface area contributed by atoms with Gasteiger partial charge in [0.25, 0.3) is 0 Å². The number of amidine groups is 1. The van der Waals surface area contributed by atoms with Crippen molar-refractivity contribution in [2.75, 3.05) is 0 Å². The van der Waals surface area contributed by atoms with Gasteiger partial charge in [-0.05, 0) is 70.4 Å². The van der Waals surface area contributed by atoms with Crippen molar-refractivity contribution in [3.63, 3.8) is 0 Å². The van der Waals surface area contributed by atoms with E-state index in [2.05, 4.69) is 21.6 Å². The number of allylic oxidation sites excluding steroid dienone is 1. The molecular formula is C28H24ClFN4O2. The van der Waals surface area contributed by atoms with E-state index < -0.39 is 5.97 Å². The van der Waals surface area contributed by atoms with Crippen LogP contribution in [0.25, 0.3) is 17.2 Å². The number of carboxylic acid groups (broad SMARTS) is 1. The smallest absolute Gasteiger partial charge is 0.328 e. The van der Waals surface area contributed by atoms with Crippen LogP contribution in [0.5, 0.6) is 0 Å². The van der Waals surface area contributed by atoms with Gasteiger partial charge in [0, 0.05) is 11.6 Å². The lowest BCUT2D eigenvalue weighted by Crippen LogP contribution is -2.35. The monoisotopic (exact) mass is 502 g/mol. The minimum absolute atomic E-state index is 0.295. The van der Waals surface area contributed by atoms with Crippen LogP contribution in [-0.2, 0) is 4.79 Å². The number of hydrogen-bond donors (Lipinski definition) is 4. The van der Waals surface area contributed by atoms with Crippen molar-refractivity contribution in [2.24, 2.45) is 11.0 Å². The molecule has 4 N–H and O–H groups in total. The fraction of sp³-hybridized carbons (Fsp3) is 0.143. The maximum Gasteiger partial charge on any atom is 0.328 e. The number of rotatable bonds is 7. The average molecular weight is 503 g/mol. The summed E-state index contributed by atoms with van der Waals surface area (Å²) in [6.45, 7) is 0. The molecule has 1 saturated carbocycles. The minimum Gasteiger partial charge on any atom is -0.478 e. The Balaban J connectivity index is 1.67. The lowest BCUT2D eigenvalue weighted by Gasteiger charge is -2.32. The molecule has 6 nitrogen and oxygen atoms in total. The van der Waals surface area contributed by atoms with Gasteiger partial charge in [0.05, 0.1) is 5.02 Å². The summed E-state index contributed by atoms with van der Waals surface area (Å²) in [7, 11) is 0. The third-order valence-electron chi connectivity index (χ3n) is 6.47. The van der Waals surface area contributed by atoms with Gasteiger partial charge in [-0.1, -0.05) is 72.6 Å². The topological polar surface area (TPSA) is 85.8 Å².